The van der Waals surface area contributed by atoms with Crippen molar-refractivity contribution in [1.29, 1.82) is 0 Å². The van der Waals surface area contributed by atoms with Gasteiger partial charge in [0.2, 0.25) is 0 Å². The molecule has 0 bridgehead atoms. The Bertz CT molecular complexity index is 599. The summed E-state index contributed by atoms with van der Waals surface area (Å²) in [7, 11) is 3.97. The van der Waals surface area contributed by atoms with Crippen LogP contribution >= 0.6 is 12.4 Å². The van der Waals surface area contributed by atoms with E-state index in [1.807, 2.05) is 44.1 Å². The maximum atomic E-state index is 13.0. The van der Waals surface area contributed by atoms with Crippen LogP contribution in [0.3, 0.4) is 0 Å². The van der Waals surface area contributed by atoms with Gasteiger partial charge in [0, 0.05) is 6.54 Å². The molecule has 0 spiro atoms. The lowest BCUT2D eigenvalue weighted by atomic mass is 9.78. The minimum absolute atomic E-state index is 0. The Morgan fingerprint density at radius 1 is 1.20 bits per heavy atom. The standard InChI is InChI=1S/C19H27NO4.ClH/c1-14(13-20(2)3)24-18(21)19(8-4-5-9-19)15-6-7-16-17(12-15)23-11-10-22-16;/h6-7,12,14H,4-5,8-11,13H2,1-3H3;1H. The van der Waals surface area contributed by atoms with Crippen LogP contribution < -0.4 is 9.47 Å². The van der Waals surface area contributed by atoms with E-state index in [1.54, 1.807) is 0 Å². The summed E-state index contributed by atoms with van der Waals surface area (Å²) in [4.78, 5) is 15.0. The van der Waals surface area contributed by atoms with Crippen LogP contribution in [0.2, 0.25) is 0 Å². The summed E-state index contributed by atoms with van der Waals surface area (Å²) in [5.41, 5.74) is 0.447. The maximum absolute atomic E-state index is 13.0. The zero-order chi connectivity index (χ0) is 17.2. The normalized spacial score (nSPS) is 19.2. The fourth-order valence-electron chi connectivity index (χ4n) is 3.78. The molecule has 3 rings (SSSR count). The molecule has 6 heteroatoms. The zero-order valence-corrected chi connectivity index (χ0v) is 16.1. The Morgan fingerprint density at radius 3 is 2.48 bits per heavy atom. The van der Waals surface area contributed by atoms with Crippen molar-refractivity contribution in [2.75, 3.05) is 33.9 Å². The van der Waals surface area contributed by atoms with Gasteiger partial charge in [-0.2, -0.15) is 0 Å². The number of rotatable bonds is 5. The number of halogens is 1. The van der Waals surface area contributed by atoms with E-state index in [9.17, 15) is 4.79 Å². The van der Waals surface area contributed by atoms with E-state index in [1.165, 1.54) is 0 Å². The van der Waals surface area contributed by atoms with Gasteiger partial charge in [-0.05, 0) is 51.6 Å². The van der Waals surface area contributed by atoms with Crippen LogP contribution in [-0.2, 0) is 14.9 Å². The summed E-state index contributed by atoms with van der Waals surface area (Å²) in [6, 6.07) is 5.88. The lowest BCUT2D eigenvalue weighted by Crippen LogP contribution is -2.39. The number of benzene rings is 1. The summed E-state index contributed by atoms with van der Waals surface area (Å²) < 4.78 is 17.1. The van der Waals surface area contributed by atoms with E-state index in [4.69, 9.17) is 14.2 Å². The summed E-state index contributed by atoms with van der Waals surface area (Å²) >= 11 is 0. The van der Waals surface area contributed by atoms with Gasteiger partial charge in [-0.1, -0.05) is 18.9 Å². The van der Waals surface area contributed by atoms with Crippen molar-refractivity contribution in [3.63, 3.8) is 0 Å². The molecule has 1 unspecified atom stereocenters. The molecule has 1 heterocycles. The van der Waals surface area contributed by atoms with Crippen molar-refractivity contribution < 1.29 is 19.0 Å². The van der Waals surface area contributed by atoms with Crippen LogP contribution in [-0.4, -0.2) is 50.8 Å². The Morgan fingerprint density at radius 2 is 1.84 bits per heavy atom. The number of hydrogen-bond donors (Lipinski definition) is 0. The number of nitrogens with zero attached hydrogens (tertiary/aromatic N) is 1. The third-order valence-electron chi connectivity index (χ3n) is 4.87. The quantitative estimate of drug-likeness (QED) is 0.746. The van der Waals surface area contributed by atoms with Gasteiger partial charge in [0.1, 0.15) is 19.3 Å². The van der Waals surface area contributed by atoms with E-state index in [0.717, 1.165) is 49.3 Å². The third kappa shape index (κ3) is 4.21. The first-order chi connectivity index (χ1) is 11.5. The topological polar surface area (TPSA) is 48.0 Å². The van der Waals surface area contributed by atoms with E-state index >= 15 is 0 Å². The highest BCUT2D eigenvalue weighted by Gasteiger charge is 2.45. The molecule has 1 atom stereocenters. The van der Waals surface area contributed by atoms with Crippen molar-refractivity contribution in [3.05, 3.63) is 23.8 Å². The molecule has 0 N–H and O–H groups in total. The Balaban J connectivity index is 0.00000225. The van der Waals surface area contributed by atoms with Crippen LogP contribution in [0.1, 0.15) is 38.2 Å². The van der Waals surface area contributed by atoms with E-state index < -0.39 is 5.41 Å². The first kappa shape index (κ1) is 19.9. The highest BCUT2D eigenvalue weighted by Crippen LogP contribution is 2.45. The molecule has 0 radical (unpaired) electrons. The lowest BCUT2D eigenvalue weighted by Gasteiger charge is -2.30. The highest BCUT2D eigenvalue weighted by molar-refractivity contribution is 5.85. The molecule has 2 aliphatic rings. The molecular weight excluding hydrogens is 342 g/mol. The van der Waals surface area contributed by atoms with Gasteiger partial charge in [-0.25, -0.2) is 0 Å². The molecule has 25 heavy (non-hydrogen) atoms. The second-order valence-corrected chi connectivity index (χ2v) is 7.13. The molecule has 0 amide bonds. The SMILES string of the molecule is CC(CN(C)C)OC(=O)C1(c2ccc3c(c2)OCCO3)CCCC1.Cl. The number of hydrogen-bond acceptors (Lipinski definition) is 5. The maximum Gasteiger partial charge on any atom is 0.316 e. The zero-order valence-electron chi connectivity index (χ0n) is 15.2. The summed E-state index contributed by atoms with van der Waals surface area (Å²) in [5, 5.41) is 0. The average molecular weight is 370 g/mol. The van der Waals surface area contributed by atoms with Crippen molar-refractivity contribution in [2.45, 2.75) is 44.1 Å². The van der Waals surface area contributed by atoms with Gasteiger partial charge in [0.15, 0.2) is 11.5 Å². The number of likely N-dealkylation sites (N-methyl/N-ethyl adjacent to an activating group) is 1. The van der Waals surface area contributed by atoms with Crippen LogP contribution in [0.25, 0.3) is 0 Å². The monoisotopic (exact) mass is 369 g/mol. The molecule has 5 nitrogen and oxygen atoms in total. The number of carbonyl (C=O) groups excluding carboxylic acids is 1. The Hall–Kier alpha value is -1.46. The fourth-order valence-corrected chi connectivity index (χ4v) is 3.78. The number of ether oxygens (including phenoxy) is 3. The van der Waals surface area contributed by atoms with Gasteiger partial charge < -0.3 is 19.1 Å². The highest BCUT2D eigenvalue weighted by atomic mass is 35.5. The Labute approximate surface area is 156 Å². The van der Waals surface area contributed by atoms with Crippen molar-refractivity contribution >= 4 is 18.4 Å². The minimum atomic E-state index is -0.545. The summed E-state index contributed by atoms with van der Waals surface area (Å²) in [6.07, 6.45) is 3.64. The number of esters is 1. The lowest BCUT2D eigenvalue weighted by molar-refractivity contribution is -0.155. The van der Waals surface area contributed by atoms with Gasteiger partial charge in [0.05, 0.1) is 5.41 Å². The molecule has 140 valence electrons. The first-order valence-corrected chi connectivity index (χ1v) is 8.77. The van der Waals surface area contributed by atoms with Crippen LogP contribution in [0.15, 0.2) is 18.2 Å². The predicted molar refractivity (Wildman–Crippen MR) is 98.9 cm³/mol. The van der Waals surface area contributed by atoms with Crippen LogP contribution in [0.4, 0.5) is 0 Å². The third-order valence-corrected chi connectivity index (χ3v) is 4.87. The van der Waals surface area contributed by atoms with Gasteiger partial charge in [-0.3, -0.25) is 4.79 Å². The second-order valence-electron chi connectivity index (χ2n) is 7.13. The van der Waals surface area contributed by atoms with Crippen molar-refractivity contribution in [1.82, 2.24) is 4.90 Å². The molecule has 1 fully saturated rings. The largest absolute Gasteiger partial charge is 0.486 e. The van der Waals surface area contributed by atoms with Gasteiger partial charge in [-0.15, -0.1) is 12.4 Å². The van der Waals surface area contributed by atoms with Crippen molar-refractivity contribution in [2.24, 2.45) is 0 Å². The van der Waals surface area contributed by atoms with Crippen LogP contribution in [0, 0.1) is 0 Å². The van der Waals surface area contributed by atoms with Gasteiger partial charge >= 0.3 is 5.97 Å². The molecule has 1 aliphatic heterocycles. The van der Waals surface area contributed by atoms with E-state index in [-0.39, 0.29) is 24.5 Å². The minimum Gasteiger partial charge on any atom is -0.486 e. The van der Waals surface area contributed by atoms with E-state index in [0.29, 0.717) is 13.2 Å². The number of fused-ring (bicyclic) bond motifs is 1. The van der Waals surface area contributed by atoms with Crippen molar-refractivity contribution in [3.8, 4) is 11.5 Å². The first-order valence-electron chi connectivity index (χ1n) is 8.77. The predicted octanol–water partition coefficient (Wildman–Crippen LogP) is 3.18. The molecule has 1 aliphatic carbocycles. The molecular formula is C19H28ClNO4. The molecule has 1 aromatic carbocycles. The Kier molecular flexibility index (Phi) is 6.58. The number of carbonyl (C=O) groups is 1. The van der Waals surface area contributed by atoms with E-state index in [2.05, 4.69) is 0 Å². The van der Waals surface area contributed by atoms with Gasteiger partial charge in [0.25, 0.3) is 0 Å². The summed E-state index contributed by atoms with van der Waals surface area (Å²) in [6.45, 7) is 3.79. The fraction of sp³-hybridized carbons (Fsp3) is 0.632. The molecule has 1 saturated carbocycles. The smallest absolute Gasteiger partial charge is 0.316 e. The molecule has 0 aromatic heterocycles. The summed E-state index contributed by atoms with van der Waals surface area (Å²) in [5.74, 6) is 1.39. The molecule has 0 saturated heterocycles. The molecule has 1 aromatic rings. The average Bonchev–Trinajstić information content (AvgIpc) is 3.04. The second kappa shape index (κ2) is 8.28. The van der Waals surface area contributed by atoms with Crippen LogP contribution in [0.5, 0.6) is 11.5 Å².